The highest BCUT2D eigenvalue weighted by Gasteiger charge is 2.30. The van der Waals surface area contributed by atoms with Crippen LogP contribution in [0, 0.1) is 0 Å². The molecule has 1 saturated carbocycles. The van der Waals surface area contributed by atoms with E-state index in [0.29, 0.717) is 35.3 Å². The Balaban J connectivity index is 1.42. The molecule has 1 aromatic carbocycles. The second-order valence-corrected chi connectivity index (χ2v) is 13.6. The summed E-state index contributed by atoms with van der Waals surface area (Å²) in [6.45, 7) is 11.6. The van der Waals surface area contributed by atoms with Gasteiger partial charge in [0.15, 0.2) is 0 Å². The van der Waals surface area contributed by atoms with Crippen LogP contribution in [0.3, 0.4) is 0 Å². The summed E-state index contributed by atoms with van der Waals surface area (Å²) in [5.41, 5.74) is 3.73. The van der Waals surface area contributed by atoms with Crippen molar-refractivity contribution in [2.24, 2.45) is 0 Å². The minimum atomic E-state index is -1.07. The number of rotatable bonds is 13. The molecule has 0 aliphatic heterocycles. The third-order valence-electron chi connectivity index (χ3n) is 8.61. The lowest BCUT2D eigenvalue weighted by Gasteiger charge is -2.31. The molecule has 2 aromatic heterocycles. The fraction of sp³-hybridized carbons (Fsp3) is 0.514. The van der Waals surface area contributed by atoms with E-state index in [0.717, 1.165) is 56.1 Å². The van der Waals surface area contributed by atoms with Crippen molar-refractivity contribution in [3.8, 4) is 0 Å². The van der Waals surface area contributed by atoms with Crippen LogP contribution in [0.4, 0.5) is 4.79 Å². The molecule has 0 bridgehead atoms. The summed E-state index contributed by atoms with van der Waals surface area (Å²) < 4.78 is 7.51. The Morgan fingerprint density at radius 1 is 0.978 bits per heavy atom. The van der Waals surface area contributed by atoms with Crippen molar-refractivity contribution in [1.82, 2.24) is 14.2 Å². The number of pyridine rings is 1. The van der Waals surface area contributed by atoms with Crippen molar-refractivity contribution >= 4 is 29.3 Å². The van der Waals surface area contributed by atoms with Crippen molar-refractivity contribution in [1.29, 1.82) is 0 Å². The van der Waals surface area contributed by atoms with Gasteiger partial charge in [-0.3, -0.25) is 14.4 Å². The number of nitrogens with zero attached hydrogens (tertiary/aromatic N) is 3. The van der Waals surface area contributed by atoms with Gasteiger partial charge in [-0.25, -0.2) is 4.79 Å². The molecule has 0 radical (unpaired) electrons. The number of carbonyl (C=O) groups is 4. The van der Waals surface area contributed by atoms with E-state index in [2.05, 4.69) is 0 Å². The minimum Gasteiger partial charge on any atom is -0.480 e. The summed E-state index contributed by atoms with van der Waals surface area (Å²) in [6, 6.07) is 13.0. The second-order valence-electron chi connectivity index (χ2n) is 13.6. The average molecular weight is 632 g/mol. The molecular weight excluding hydrogens is 582 g/mol. The van der Waals surface area contributed by atoms with Crippen molar-refractivity contribution in [2.75, 3.05) is 13.1 Å². The van der Waals surface area contributed by atoms with Gasteiger partial charge in [0.05, 0.1) is 5.69 Å². The molecule has 4 rings (SSSR count). The monoisotopic (exact) mass is 631 g/mol. The molecule has 1 aliphatic rings. The first-order valence-electron chi connectivity index (χ1n) is 16.6. The predicted molar refractivity (Wildman–Crippen MR) is 179 cm³/mol. The van der Waals surface area contributed by atoms with Crippen LogP contribution in [-0.2, 0) is 22.4 Å². The quantitative estimate of drug-likeness (QED) is 0.158. The lowest BCUT2D eigenvalue weighted by atomic mass is 10.0. The number of ether oxygens (including phenoxy) is 1. The zero-order valence-corrected chi connectivity index (χ0v) is 28.2. The molecule has 1 fully saturated rings. The van der Waals surface area contributed by atoms with E-state index < -0.39 is 11.6 Å². The van der Waals surface area contributed by atoms with Crippen LogP contribution in [0.2, 0.25) is 0 Å². The number of carboxylic acid groups (broad SMARTS) is 1. The zero-order valence-electron chi connectivity index (χ0n) is 28.2. The Bertz CT molecular complexity index is 1540. The van der Waals surface area contributed by atoms with Gasteiger partial charge in [-0.2, -0.15) is 0 Å². The Kier molecular flexibility index (Phi) is 11.3. The minimum absolute atomic E-state index is 0.0956. The normalized spacial score (nSPS) is 13.7. The summed E-state index contributed by atoms with van der Waals surface area (Å²) in [5.74, 6) is -1.53. The third-order valence-corrected chi connectivity index (χ3v) is 8.61. The molecule has 3 aromatic rings. The number of hydrogen-bond donors (Lipinski definition) is 1. The fourth-order valence-corrected chi connectivity index (χ4v) is 6.22. The maximum atomic E-state index is 13.8. The number of aryl methyl sites for hydroxylation is 2. The Morgan fingerprint density at radius 2 is 1.65 bits per heavy atom. The summed E-state index contributed by atoms with van der Waals surface area (Å²) >= 11 is 0. The number of carboxylic acids is 1. The Hall–Kier alpha value is -4.14. The highest BCUT2D eigenvalue weighted by atomic mass is 16.6. The highest BCUT2D eigenvalue weighted by molar-refractivity contribution is 6.10. The van der Waals surface area contributed by atoms with Crippen LogP contribution in [0.25, 0.3) is 5.52 Å². The number of ketones is 1. The van der Waals surface area contributed by atoms with Crippen LogP contribution in [0.1, 0.15) is 118 Å². The van der Waals surface area contributed by atoms with Gasteiger partial charge in [0, 0.05) is 41.5 Å². The van der Waals surface area contributed by atoms with Crippen molar-refractivity contribution in [2.45, 2.75) is 111 Å². The van der Waals surface area contributed by atoms with Crippen LogP contribution >= 0.6 is 0 Å². The summed E-state index contributed by atoms with van der Waals surface area (Å²) in [6.07, 6.45) is 9.17. The van der Waals surface area contributed by atoms with Crippen molar-refractivity contribution in [3.05, 3.63) is 76.6 Å². The van der Waals surface area contributed by atoms with E-state index in [-0.39, 0.29) is 36.4 Å². The molecular formula is C37H49N3O6. The van der Waals surface area contributed by atoms with E-state index in [1.54, 1.807) is 32.2 Å². The smallest absolute Gasteiger partial charge is 0.410 e. The number of aliphatic carboxylic acids is 1. The third kappa shape index (κ3) is 8.56. The van der Waals surface area contributed by atoms with Crippen LogP contribution < -0.4 is 0 Å². The first kappa shape index (κ1) is 34.7. The molecule has 0 saturated heterocycles. The van der Waals surface area contributed by atoms with Gasteiger partial charge in [0.2, 0.25) is 5.78 Å². The molecule has 1 aliphatic carbocycles. The van der Waals surface area contributed by atoms with Crippen LogP contribution in [-0.4, -0.2) is 73.8 Å². The molecule has 0 spiro atoms. The number of fused-ring (bicyclic) bond motifs is 1. The maximum Gasteiger partial charge on any atom is 0.410 e. The first-order valence-corrected chi connectivity index (χ1v) is 16.6. The summed E-state index contributed by atoms with van der Waals surface area (Å²) in [5, 5.41) is 9.27. The number of aromatic nitrogens is 1. The molecule has 2 amide bonds. The second kappa shape index (κ2) is 15.0. The summed E-state index contributed by atoms with van der Waals surface area (Å²) in [7, 11) is 0. The largest absolute Gasteiger partial charge is 0.480 e. The van der Waals surface area contributed by atoms with E-state index >= 15 is 0 Å². The summed E-state index contributed by atoms with van der Waals surface area (Å²) in [4.78, 5) is 54.4. The first-order chi connectivity index (χ1) is 21.8. The molecule has 1 N–H and O–H groups in total. The van der Waals surface area contributed by atoms with Crippen LogP contribution in [0.15, 0.2) is 48.7 Å². The highest BCUT2D eigenvalue weighted by Crippen LogP contribution is 2.26. The molecule has 46 heavy (non-hydrogen) atoms. The SMILES string of the molecule is CCc1cc2cc(C(=O)N(CC(=O)O)C(C)C)ccn2c1C(=O)c1ccc(CCCCN(C(=O)OC(C)(C)C)C2CCCC2)cc1. The molecule has 0 unspecified atom stereocenters. The van der Waals surface area contributed by atoms with Gasteiger partial charge in [-0.15, -0.1) is 0 Å². The van der Waals surface area contributed by atoms with Crippen molar-refractivity contribution in [3.63, 3.8) is 0 Å². The van der Waals surface area contributed by atoms with Gasteiger partial charge >= 0.3 is 12.1 Å². The van der Waals surface area contributed by atoms with Gasteiger partial charge in [-0.05, 0) is 102 Å². The van der Waals surface area contributed by atoms with Gasteiger partial charge in [0.25, 0.3) is 5.91 Å². The number of benzene rings is 1. The Labute approximate surface area is 272 Å². The average Bonchev–Trinajstić information content (AvgIpc) is 3.66. The molecule has 248 valence electrons. The number of carbonyl (C=O) groups excluding carboxylic acids is 3. The van der Waals surface area contributed by atoms with Gasteiger partial charge in [-0.1, -0.05) is 44.0 Å². The van der Waals surface area contributed by atoms with Crippen LogP contribution in [0.5, 0.6) is 0 Å². The van der Waals surface area contributed by atoms with Gasteiger partial charge < -0.3 is 24.0 Å². The molecule has 9 nitrogen and oxygen atoms in total. The standard InChI is InChI=1S/C37H49N3O6/c1-7-27-22-31-23-29(35(44)40(25(2)3)24-32(41)42)19-21-38(31)33(27)34(43)28-17-15-26(16-18-28)12-10-11-20-39(30-13-8-9-14-30)36(45)46-37(4,5)6/h15-19,21-23,25,30H,7-14,20,24H2,1-6H3,(H,41,42). The lowest BCUT2D eigenvalue weighted by molar-refractivity contribution is -0.138. The zero-order chi connectivity index (χ0) is 33.6. The van der Waals surface area contributed by atoms with Crippen molar-refractivity contribution < 1.29 is 29.0 Å². The molecule has 9 heteroatoms. The van der Waals surface area contributed by atoms with E-state index in [1.807, 2.05) is 67.3 Å². The fourth-order valence-electron chi connectivity index (χ4n) is 6.22. The maximum absolute atomic E-state index is 13.8. The van der Waals surface area contributed by atoms with Gasteiger partial charge in [0.1, 0.15) is 12.1 Å². The lowest BCUT2D eigenvalue weighted by Crippen LogP contribution is -2.42. The Morgan fingerprint density at radius 3 is 2.24 bits per heavy atom. The van der Waals surface area contributed by atoms with E-state index in [4.69, 9.17) is 4.74 Å². The number of unbranched alkanes of at least 4 members (excludes halogenated alkanes) is 1. The number of hydrogen-bond acceptors (Lipinski definition) is 5. The van der Waals surface area contributed by atoms with E-state index in [1.165, 1.54) is 4.90 Å². The molecule has 0 atom stereocenters. The molecule has 2 heterocycles. The number of amides is 2. The van der Waals surface area contributed by atoms with E-state index in [9.17, 15) is 24.3 Å². The predicted octanol–water partition coefficient (Wildman–Crippen LogP) is 7.17. The topological polar surface area (TPSA) is 109 Å².